The van der Waals surface area contributed by atoms with Crippen molar-refractivity contribution in [2.24, 2.45) is 0 Å². The van der Waals surface area contributed by atoms with Crippen LogP contribution in [0.3, 0.4) is 0 Å². The average Bonchev–Trinajstić information content (AvgIpc) is 2.15. The molecule has 1 aliphatic heterocycles. The van der Waals surface area contributed by atoms with Crippen molar-refractivity contribution in [2.45, 2.75) is 32.4 Å². The second-order valence-corrected chi connectivity index (χ2v) is 4.72. The van der Waals surface area contributed by atoms with Gasteiger partial charge in [0.2, 0.25) is 5.88 Å². The van der Waals surface area contributed by atoms with Crippen molar-refractivity contribution in [2.75, 3.05) is 13.1 Å². The lowest BCUT2D eigenvalue weighted by Gasteiger charge is -2.49. The summed E-state index contributed by atoms with van der Waals surface area (Å²) in [7, 11) is 0. The fraction of sp³-hybridized carbons (Fsp3) is 0.583. The van der Waals surface area contributed by atoms with Crippen LogP contribution in [-0.4, -0.2) is 34.6 Å². The molecule has 15 heavy (non-hydrogen) atoms. The maximum atomic E-state index is 5.87. The predicted octanol–water partition coefficient (Wildman–Crippen LogP) is 1.94. The molecule has 0 saturated carbocycles. The van der Waals surface area contributed by atoms with Gasteiger partial charge >= 0.3 is 0 Å². The first-order valence-electron chi connectivity index (χ1n) is 5.43. The van der Waals surface area contributed by atoms with Crippen molar-refractivity contribution in [3.05, 3.63) is 24.4 Å². The van der Waals surface area contributed by atoms with Gasteiger partial charge in [-0.15, -0.1) is 0 Å². The Morgan fingerprint density at radius 2 is 2.13 bits per heavy atom. The molecule has 0 amide bonds. The summed E-state index contributed by atoms with van der Waals surface area (Å²) >= 11 is 0. The predicted molar refractivity (Wildman–Crippen MR) is 60.0 cm³/mol. The van der Waals surface area contributed by atoms with Gasteiger partial charge in [0.1, 0.15) is 5.60 Å². The average molecular weight is 206 g/mol. The minimum absolute atomic E-state index is 0.0569. The van der Waals surface area contributed by atoms with Crippen LogP contribution >= 0.6 is 0 Å². The van der Waals surface area contributed by atoms with Crippen molar-refractivity contribution in [3.63, 3.8) is 0 Å². The molecule has 1 aromatic heterocycles. The van der Waals surface area contributed by atoms with Crippen molar-refractivity contribution in [1.82, 2.24) is 9.88 Å². The Morgan fingerprint density at radius 1 is 1.40 bits per heavy atom. The third-order valence-corrected chi connectivity index (χ3v) is 2.79. The summed E-state index contributed by atoms with van der Waals surface area (Å²) in [5, 5.41) is 0. The van der Waals surface area contributed by atoms with E-state index in [0.717, 1.165) is 19.0 Å². The van der Waals surface area contributed by atoms with E-state index in [2.05, 4.69) is 30.7 Å². The Balaban J connectivity index is 1.92. The quantitative estimate of drug-likeness (QED) is 0.755. The zero-order valence-corrected chi connectivity index (χ0v) is 9.60. The first-order valence-corrected chi connectivity index (χ1v) is 5.43. The molecule has 0 radical (unpaired) electrons. The lowest BCUT2D eigenvalue weighted by molar-refractivity contribution is -0.0797. The summed E-state index contributed by atoms with van der Waals surface area (Å²) in [4.78, 5) is 6.57. The number of pyridine rings is 1. The topological polar surface area (TPSA) is 25.4 Å². The van der Waals surface area contributed by atoms with E-state index in [9.17, 15) is 0 Å². The van der Waals surface area contributed by atoms with Gasteiger partial charge in [-0.1, -0.05) is 6.07 Å². The van der Waals surface area contributed by atoms with Gasteiger partial charge in [0.15, 0.2) is 0 Å². The van der Waals surface area contributed by atoms with Crippen LogP contribution in [0.25, 0.3) is 0 Å². The van der Waals surface area contributed by atoms with Crippen LogP contribution in [0.1, 0.15) is 20.8 Å². The van der Waals surface area contributed by atoms with Gasteiger partial charge < -0.3 is 4.74 Å². The molecule has 1 saturated heterocycles. The van der Waals surface area contributed by atoms with E-state index in [4.69, 9.17) is 4.74 Å². The highest BCUT2D eigenvalue weighted by Gasteiger charge is 2.42. The van der Waals surface area contributed by atoms with E-state index in [1.807, 2.05) is 18.2 Å². The van der Waals surface area contributed by atoms with Crippen molar-refractivity contribution in [3.8, 4) is 5.88 Å². The zero-order chi connectivity index (χ0) is 10.9. The van der Waals surface area contributed by atoms with Gasteiger partial charge in [0, 0.05) is 31.4 Å². The monoisotopic (exact) mass is 206 g/mol. The van der Waals surface area contributed by atoms with Crippen LogP contribution in [-0.2, 0) is 0 Å². The third kappa shape index (κ3) is 2.29. The molecule has 1 fully saturated rings. The number of rotatable bonds is 3. The summed E-state index contributed by atoms with van der Waals surface area (Å²) < 4.78 is 5.87. The van der Waals surface area contributed by atoms with E-state index in [1.54, 1.807) is 6.20 Å². The van der Waals surface area contributed by atoms with Gasteiger partial charge in [0.05, 0.1) is 0 Å². The highest BCUT2D eigenvalue weighted by molar-refractivity contribution is 5.12. The highest BCUT2D eigenvalue weighted by atomic mass is 16.5. The Kier molecular flexibility index (Phi) is 2.65. The standard InChI is InChI=1S/C12H18N2O/c1-10(2)14-8-12(3,9-14)15-11-6-4-5-7-13-11/h4-7,10H,8-9H2,1-3H3. The van der Waals surface area contributed by atoms with Crippen molar-refractivity contribution in [1.29, 1.82) is 0 Å². The van der Waals surface area contributed by atoms with E-state index < -0.39 is 0 Å². The molecule has 0 N–H and O–H groups in total. The van der Waals surface area contributed by atoms with Crippen LogP contribution in [0.2, 0.25) is 0 Å². The summed E-state index contributed by atoms with van der Waals surface area (Å²) in [6.07, 6.45) is 1.76. The lowest BCUT2D eigenvalue weighted by Crippen LogP contribution is -2.64. The van der Waals surface area contributed by atoms with E-state index in [0.29, 0.717) is 6.04 Å². The van der Waals surface area contributed by atoms with Crippen LogP contribution in [0.5, 0.6) is 5.88 Å². The van der Waals surface area contributed by atoms with Gasteiger partial charge in [0.25, 0.3) is 0 Å². The molecule has 0 aromatic carbocycles. The molecule has 3 heteroatoms. The fourth-order valence-electron chi connectivity index (χ4n) is 1.90. The number of aromatic nitrogens is 1. The van der Waals surface area contributed by atoms with Crippen molar-refractivity contribution < 1.29 is 4.74 Å². The SMILES string of the molecule is CC(C)N1CC(C)(Oc2ccccn2)C1. The minimum Gasteiger partial charge on any atom is -0.469 e. The normalized spacial score (nSPS) is 20.0. The fourth-order valence-corrected chi connectivity index (χ4v) is 1.90. The first kappa shape index (κ1) is 10.4. The first-order chi connectivity index (χ1) is 7.09. The van der Waals surface area contributed by atoms with E-state index in [-0.39, 0.29) is 5.60 Å². The Hall–Kier alpha value is -1.09. The van der Waals surface area contributed by atoms with Gasteiger partial charge in [-0.05, 0) is 26.8 Å². The number of nitrogens with zero attached hydrogens (tertiary/aromatic N) is 2. The number of hydrogen-bond donors (Lipinski definition) is 0. The van der Waals surface area contributed by atoms with Crippen LogP contribution < -0.4 is 4.74 Å². The third-order valence-electron chi connectivity index (χ3n) is 2.79. The maximum Gasteiger partial charge on any atom is 0.213 e. The summed E-state index contributed by atoms with van der Waals surface area (Å²) in [5.41, 5.74) is -0.0569. The molecule has 0 atom stereocenters. The lowest BCUT2D eigenvalue weighted by atomic mass is 9.95. The molecule has 3 nitrogen and oxygen atoms in total. The largest absolute Gasteiger partial charge is 0.469 e. The Bertz CT molecular complexity index is 318. The van der Waals surface area contributed by atoms with Crippen LogP contribution in [0.15, 0.2) is 24.4 Å². The molecular formula is C12H18N2O. The molecule has 0 aliphatic carbocycles. The van der Waals surface area contributed by atoms with Crippen molar-refractivity contribution >= 4 is 0 Å². The molecule has 2 rings (SSSR count). The molecule has 2 heterocycles. The van der Waals surface area contributed by atoms with Gasteiger partial charge in [-0.25, -0.2) is 4.98 Å². The Labute approximate surface area is 91.1 Å². The Morgan fingerprint density at radius 3 is 2.67 bits per heavy atom. The minimum atomic E-state index is -0.0569. The van der Waals surface area contributed by atoms with Crippen LogP contribution in [0, 0.1) is 0 Å². The van der Waals surface area contributed by atoms with Crippen LogP contribution in [0.4, 0.5) is 0 Å². The molecule has 1 aliphatic rings. The van der Waals surface area contributed by atoms with E-state index in [1.165, 1.54) is 0 Å². The van der Waals surface area contributed by atoms with E-state index >= 15 is 0 Å². The molecule has 82 valence electrons. The highest BCUT2D eigenvalue weighted by Crippen LogP contribution is 2.27. The number of hydrogen-bond acceptors (Lipinski definition) is 3. The van der Waals surface area contributed by atoms with Gasteiger partial charge in [-0.3, -0.25) is 4.90 Å². The zero-order valence-electron chi connectivity index (χ0n) is 9.60. The molecule has 0 spiro atoms. The molecular weight excluding hydrogens is 188 g/mol. The number of ether oxygens (including phenoxy) is 1. The molecule has 0 bridgehead atoms. The summed E-state index contributed by atoms with van der Waals surface area (Å²) in [6.45, 7) is 8.53. The maximum absolute atomic E-state index is 5.87. The smallest absolute Gasteiger partial charge is 0.213 e. The number of likely N-dealkylation sites (tertiary alicyclic amines) is 1. The second-order valence-electron chi connectivity index (χ2n) is 4.72. The van der Waals surface area contributed by atoms with Gasteiger partial charge in [-0.2, -0.15) is 0 Å². The molecule has 0 unspecified atom stereocenters. The molecule has 1 aromatic rings. The summed E-state index contributed by atoms with van der Waals surface area (Å²) in [5.74, 6) is 0.725. The second kappa shape index (κ2) is 3.81. The summed E-state index contributed by atoms with van der Waals surface area (Å²) in [6, 6.07) is 6.36.